The summed E-state index contributed by atoms with van der Waals surface area (Å²) in [5, 5.41) is 11.5. The molecule has 1 atom stereocenters. The summed E-state index contributed by atoms with van der Waals surface area (Å²) in [6.45, 7) is 2.45. The summed E-state index contributed by atoms with van der Waals surface area (Å²) in [4.78, 5) is 27.7. The van der Waals surface area contributed by atoms with Gasteiger partial charge in [-0.2, -0.15) is 0 Å². The van der Waals surface area contributed by atoms with Crippen molar-refractivity contribution in [1.82, 2.24) is 4.90 Å². The van der Waals surface area contributed by atoms with Gasteiger partial charge in [0.25, 0.3) is 11.7 Å². The zero-order chi connectivity index (χ0) is 26.6. The van der Waals surface area contributed by atoms with Crippen molar-refractivity contribution in [2.45, 2.75) is 13.0 Å². The topological polar surface area (TPSA) is 104 Å². The number of Topliss-reactive ketones (excluding diaryl/α,β-unsaturated/α-hetero) is 1. The molecule has 2 aromatic rings. The molecule has 0 aromatic heterocycles. The Bertz CT molecular complexity index is 1200. The Morgan fingerprint density at radius 2 is 1.69 bits per heavy atom. The lowest BCUT2D eigenvalue weighted by atomic mass is 9.94. The maximum absolute atomic E-state index is 13.3. The summed E-state index contributed by atoms with van der Waals surface area (Å²) in [6, 6.07) is 5.42. The fraction of sp³-hybridized carbons (Fsp3) is 0.360. The molecule has 1 aliphatic heterocycles. The maximum atomic E-state index is 13.3. The molecule has 9 nitrogen and oxygen atoms in total. The van der Waals surface area contributed by atoms with Gasteiger partial charge in [-0.3, -0.25) is 9.59 Å². The Hall–Kier alpha value is -3.14. The Labute approximate surface area is 219 Å². The number of methoxy groups -OCH3 is 4. The first-order valence-electron chi connectivity index (χ1n) is 10.9. The zero-order valence-corrected chi connectivity index (χ0v) is 22.0. The van der Waals surface area contributed by atoms with Crippen molar-refractivity contribution in [3.8, 4) is 23.0 Å². The van der Waals surface area contributed by atoms with Gasteiger partial charge in [-0.15, -0.1) is 0 Å². The molecule has 3 rings (SSSR count). The molecule has 36 heavy (non-hydrogen) atoms. The molecule has 2 aromatic carbocycles. The number of aliphatic hydroxyl groups excluding tert-OH is 1. The van der Waals surface area contributed by atoms with E-state index in [1.165, 1.54) is 39.4 Å². The van der Waals surface area contributed by atoms with Crippen LogP contribution in [0.15, 0.2) is 29.8 Å². The van der Waals surface area contributed by atoms with E-state index in [-0.39, 0.29) is 45.8 Å². The van der Waals surface area contributed by atoms with E-state index < -0.39 is 23.5 Å². The van der Waals surface area contributed by atoms with Crippen molar-refractivity contribution in [2.75, 3.05) is 48.2 Å². The molecule has 11 heteroatoms. The van der Waals surface area contributed by atoms with Crippen LogP contribution in [0.3, 0.4) is 0 Å². The van der Waals surface area contributed by atoms with Gasteiger partial charge in [0, 0.05) is 13.7 Å². The van der Waals surface area contributed by atoms with Gasteiger partial charge >= 0.3 is 0 Å². The van der Waals surface area contributed by atoms with Gasteiger partial charge < -0.3 is 33.7 Å². The summed E-state index contributed by atoms with van der Waals surface area (Å²) < 4.78 is 26.8. The molecule has 1 heterocycles. The molecule has 1 fully saturated rings. The number of halogens is 2. The van der Waals surface area contributed by atoms with Gasteiger partial charge in [-0.05, 0) is 30.7 Å². The highest BCUT2D eigenvalue weighted by Gasteiger charge is 2.46. The monoisotopic (exact) mass is 539 g/mol. The lowest BCUT2D eigenvalue weighted by Gasteiger charge is -2.26. The molecule has 1 unspecified atom stereocenters. The highest BCUT2D eigenvalue weighted by Crippen LogP contribution is 2.47. The molecule has 194 valence electrons. The molecular formula is C25H27Cl2NO8. The van der Waals surface area contributed by atoms with Crippen molar-refractivity contribution in [3.63, 3.8) is 0 Å². The number of likely N-dealkylation sites (tertiary alicyclic amines) is 1. The lowest BCUT2D eigenvalue weighted by Crippen LogP contribution is -2.32. The van der Waals surface area contributed by atoms with Crippen LogP contribution in [0.25, 0.3) is 5.76 Å². The van der Waals surface area contributed by atoms with Gasteiger partial charge in [0.2, 0.25) is 0 Å². The molecule has 0 saturated carbocycles. The Morgan fingerprint density at radius 1 is 1.00 bits per heavy atom. The van der Waals surface area contributed by atoms with Crippen LogP contribution in [0.5, 0.6) is 23.0 Å². The van der Waals surface area contributed by atoms with Crippen molar-refractivity contribution < 1.29 is 38.4 Å². The average molecular weight is 540 g/mol. The fourth-order valence-corrected chi connectivity index (χ4v) is 4.76. The average Bonchev–Trinajstić information content (AvgIpc) is 3.12. The van der Waals surface area contributed by atoms with Crippen LogP contribution in [0, 0.1) is 0 Å². The highest BCUT2D eigenvalue weighted by molar-refractivity contribution is 6.47. The second kappa shape index (κ2) is 11.7. The predicted octanol–water partition coefficient (Wildman–Crippen LogP) is 4.49. The van der Waals surface area contributed by atoms with E-state index in [9.17, 15) is 14.7 Å². The number of ketones is 1. The largest absolute Gasteiger partial charge is 0.507 e. The second-order valence-electron chi connectivity index (χ2n) is 7.62. The Balaban J connectivity index is 2.30. The van der Waals surface area contributed by atoms with Crippen LogP contribution < -0.4 is 18.9 Å². The number of nitrogens with zero attached hydrogens (tertiary/aromatic N) is 1. The van der Waals surface area contributed by atoms with E-state index in [2.05, 4.69) is 0 Å². The maximum Gasteiger partial charge on any atom is 0.295 e. The van der Waals surface area contributed by atoms with Crippen LogP contribution in [-0.2, 0) is 14.3 Å². The number of benzene rings is 2. The van der Waals surface area contributed by atoms with E-state index in [0.717, 1.165) is 0 Å². The van der Waals surface area contributed by atoms with Crippen LogP contribution in [0.1, 0.15) is 24.1 Å². The number of carbonyl (C=O) groups is 2. The van der Waals surface area contributed by atoms with Gasteiger partial charge in [0.05, 0.1) is 56.7 Å². The molecule has 1 saturated heterocycles. The van der Waals surface area contributed by atoms with E-state index in [4.69, 9.17) is 46.9 Å². The normalized spacial score (nSPS) is 16.9. The Morgan fingerprint density at radius 3 is 2.28 bits per heavy atom. The number of rotatable bonds is 10. The molecule has 0 radical (unpaired) electrons. The first-order chi connectivity index (χ1) is 17.2. The van der Waals surface area contributed by atoms with Crippen LogP contribution in [0.4, 0.5) is 0 Å². The summed E-state index contributed by atoms with van der Waals surface area (Å²) in [6.07, 6.45) is 0. The number of hydrogen-bond acceptors (Lipinski definition) is 8. The minimum absolute atomic E-state index is 0.00212. The summed E-state index contributed by atoms with van der Waals surface area (Å²) in [5.41, 5.74) is 0.377. The lowest BCUT2D eigenvalue weighted by molar-refractivity contribution is -0.140. The minimum Gasteiger partial charge on any atom is -0.507 e. The van der Waals surface area contributed by atoms with E-state index in [0.29, 0.717) is 23.7 Å². The van der Waals surface area contributed by atoms with Gasteiger partial charge in [0.1, 0.15) is 10.8 Å². The van der Waals surface area contributed by atoms with Gasteiger partial charge in [0.15, 0.2) is 23.0 Å². The van der Waals surface area contributed by atoms with Gasteiger partial charge in [-0.1, -0.05) is 29.3 Å². The predicted molar refractivity (Wildman–Crippen MR) is 135 cm³/mol. The molecular weight excluding hydrogens is 513 g/mol. The molecule has 1 amide bonds. The second-order valence-corrected chi connectivity index (χ2v) is 8.40. The smallest absolute Gasteiger partial charge is 0.295 e. The van der Waals surface area contributed by atoms with Crippen molar-refractivity contribution in [1.29, 1.82) is 0 Å². The van der Waals surface area contributed by atoms with Crippen molar-refractivity contribution >= 4 is 40.7 Å². The summed E-state index contributed by atoms with van der Waals surface area (Å²) >= 11 is 12.7. The standard InChI is InChI=1S/C25H27Cl2NO8/c1-6-36-17-11-13(7-8-16(17)33-3)20-18(22(30)25(31)28(20)9-10-32-2)21(29)14-12-15(26)24(35-5)19(27)23(14)34-4/h7-8,11-12,20,29H,6,9-10H2,1-5H3/b21-18+. The van der Waals surface area contributed by atoms with Crippen LogP contribution in [0.2, 0.25) is 10.0 Å². The Kier molecular flexibility index (Phi) is 8.94. The minimum atomic E-state index is -0.963. The third-order valence-electron chi connectivity index (χ3n) is 5.67. The van der Waals surface area contributed by atoms with E-state index in [1.807, 2.05) is 6.92 Å². The number of ether oxygens (including phenoxy) is 5. The fourth-order valence-electron chi connectivity index (χ4n) is 4.07. The molecule has 1 aliphatic rings. The zero-order valence-electron chi connectivity index (χ0n) is 20.5. The molecule has 0 aliphatic carbocycles. The number of hydrogen-bond donors (Lipinski definition) is 1. The quantitative estimate of drug-likeness (QED) is 0.267. The van der Waals surface area contributed by atoms with Crippen molar-refractivity contribution in [2.24, 2.45) is 0 Å². The SMILES string of the molecule is CCOc1cc(C2/C(=C(\O)c3cc(Cl)c(OC)c(Cl)c3OC)C(=O)C(=O)N2CCOC)ccc1OC. The van der Waals surface area contributed by atoms with Crippen LogP contribution >= 0.6 is 23.2 Å². The molecule has 0 bridgehead atoms. The summed E-state index contributed by atoms with van der Waals surface area (Å²) in [7, 11) is 5.72. The number of carbonyl (C=O) groups excluding carboxylic acids is 2. The van der Waals surface area contributed by atoms with E-state index >= 15 is 0 Å². The molecule has 1 N–H and O–H groups in total. The number of amides is 1. The summed E-state index contributed by atoms with van der Waals surface area (Å²) in [5.74, 6) is -1.12. The van der Waals surface area contributed by atoms with Crippen molar-refractivity contribution in [3.05, 3.63) is 51.0 Å². The van der Waals surface area contributed by atoms with Gasteiger partial charge in [-0.25, -0.2) is 0 Å². The van der Waals surface area contributed by atoms with E-state index in [1.54, 1.807) is 18.2 Å². The third kappa shape index (κ3) is 4.91. The first-order valence-corrected chi connectivity index (χ1v) is 11.7. The third-order valence-corrected chi connectivity index (χ3v) is 6.30. The highest BCUT2D eigenvalue weighted by atomic mass is 35.5. The first kappa shape index (κ1) is 27.4. The van der Waals surface area contributed by atoms with Crippen LogP contribution in [-0.4, -0.2) is 69.9 Å². The molecule has 0 spiro atoms. The number of aliphatic hydroxyl groups is 1.